The number of amides is 1. The maximum absolute atomic E-state index is 12.6. The molecule has 0 spiro atoms. The predicted octanol–water partition coefficient (Wildman–Crippen LogP) is 2.84. The highest BCUT2D eigenvalue weighted by molar-refractivity contribution is 6.00. The maximum atomic E-state index is 12.6. The van der Waals surface area contributed by atoms with Gasteiger partial charge in [0.15, 0.2) is 0 Å². The Morgan fingerprint density at radius 3 is 2.10 bits per heavy atom. The summed E-state index contributed by atoms with van der Waals surface area (Å²) in [6.07, 6.45) is 0. The molecule has 0 aromatic carbocycles. The molecule has 0 aliphatic carbocycles. The molecule has 1 atom stereocenters. The molecule has 1 aromatic rings. The highest BCUT2D eigenvalue weighted by atomic mass is 16.4. The standard InChI is InChI=1S/C15H24N2O3/c1-8-11(9(2)16-12(8)14(19)20)13(18)17(7)10(3)15(4,5)6/h10,16H,1-7H3,(H,19,20). The van der Waals surface area contributed by atoms with Crippen LogP contribution in [0.1, 0.15) is 59.8 Å². The van der Waals surface area contributed by atoms with Crippen LogP contribution >= 0.6 is 0 Å². The van der Waals surface area contributed by atoms with Crippen molar-refractivity contribution in [3.63, 3.8) is 0 Å². The van der Waals surface area contributed by atoms with E-state index in [4.69, 9.17) is 5.11 Å². The smallest absolute Gasteiger partial charge is 0.352 e. The lowest BCUT2D eigenvalue weighted by Gasteiger charge is -2.35. The van der Waals surface area contributed by atoms with Crippen LogP contribution in [0.5, 0.6) is 0 Å². The Kier molecular flexibility index (Phi) is 4.32. The van der Waals surface area contributed by atoms with Crippen LogP contribution in [0, 0.1) is 19.3 Å². The highest BCUT2D eigenvalue weighted by Gasteiger charge is 2.30. The number of nitrogens with one attached hydrogen (secondary N) is 1. The topological polar surface area (TPSA) is 73.4 Å². The van der Waals surface area contributed by atoms with Gasteiger partial charge in [-0.2, -0.15) is 0 Å². The van der Waals surface area contributed by atoms with Gasteiger partial charge in [0, 0.05) is 18.8 Å². The van der Waals surface area contributed by atoms with E-state index in [2.05, 4.69) is 25.8 Å². The second kappa shape index (κ2) is 5.31. The summed E-state index contributed by atoms with van der Waals surface area (Å²) in [6, 6.07) is 0.0389. The number of carbonyl (C=O) groups excluding carboxylic acids is 1. The van der Waals surface area contributed by atoms with Crippen LogP contribution in [0.4, 0.5) is 0 Å². The van der Waals surface area contributed by atoms with Gasteiger partial charge in [0.2, 0.25) is 0 Å². The summed E-state index contributed by atoms with van der Waals surface area (Å²) in [4.78, 5) is 28.2. The van der Waals surface area contributed by atoms with Crippen LogP contribution < -0.4 is 0 Å². The maximum Gasteiger partial charge on any atom is 0.352 e. The van der Waals surface area contributed by atoms with E-state index in [0.717, 1.165) is 0 Å². The molecule has 5 nitrogen and oxygen atoms in total. The zero-order valence-corrected chi connectivity index (χ0v) is 13.3. The number of rotatable bonds is 3. The van der Waals surface area contributed by atoms with Crippen LogP contribution in [0.3, 0.4) is 0 Å². The zero-order valence-electron chi connectivity index (χ0n) is 13.3. The SMILES string of the molecule is Cc1[nH]c(C(=O)O)c(C)c1C(=O)N(C)C(C)C(C)(C)C. The number of aromatic nitrogens is 1. The minimum atomic E-state index is -1.05. The fourth-order valence-electron chi connectivity index (χ4n) is 2.22. The Hall–Kier alpha value is -1.78. The summed E-state index contributed by atoms with van der Waals surface area (Å²) in [6.45, 7) is 11.6. The molecule has 0 saturated heterocycles. The Bertz CT molecular complexity index is 538. The van der Waals surface area contributed by atoms with Crippen molar-refractivity contribution in [1.29, 1.82) is 0 Å². The van der Waals surface area contributed by atoms with Gasteiger partial charge in [0.25, 0.3) is 5.91 Å². The van der Waals surface area contributed by atoms with Crippen LogP contribution in [0.25, 0.3) is 0 Å². The monoisotopic (exact) mass is 280 g/mol. The first-order chi connectivity index (χ1) is 8.98. The lowest BCUT2D eigenvalue weighted by molar-refractivity contribution is 0.0628. The van der Waals surface area contributed by atoms with Gasteiger partial charge in [-0.05, 0) is 31.7 Å². The van der Waals surface area contributed by atoms with Crippen molar-refractivity contribution < 1.29 is 14.7 Å². The van der Waals surface area contributed by atoms with E-state index < -0.39 is 5.97 Å². The Morgan fingerprint density at radius 1 is 1.25 bits per heavy atom. The quantitative estimate of drug-likeness (QED) is 0.894. The molecule has 0 radical (unpaired) electrons. The molecular weight excluding hydrogens is 256 g/mol. The molecule has 2 N–H and O–H groups in total. The largest absolute Gasteiger partial charge is 0.477 e. The third-order valence-corrected chi connectivity index (χ3v) is 4.02. The lowest BCUT2D eigenvalue weighted by atomic mass is 9.87. The molecule has 1 amide bonds. The summed E-state index contributed by atoms with van der Waals surface area (Å²) in [5, 5.41) is 9.11. The van der Waals surface area contributed by atoms with E-state index in [1.165, 1.54) is 0 Å². The number of carbonyl (C=O) groups is 2. The van der Waals surface area contributed by atoms with E-state index in [0.29, 0.717) is 16.8 Å². The van der Waals surface area contributed by atoms with E-state index >= 15 is 0 Å². The minimum Gasteiger partial charge on any atom is -0.477 e. The first-order valence-corrected chi connectivity index (χ1v) is 6.68. The summed E-state index contributed by atoms with van der Waals surface area (Å²) in [5.74, 6) is -1.19. The van der Waals surface area contributed by atoms with Gasteiger partial charge < -0.3 is 15.0 Å². The van der Waals surface area contributed by atoms with Gasteiger partial charge in [-0.15, -0.1) is 0 Å². The molecule has 112 valence electrons. The first-order valence-electron chi connectivity index (χ1n) is 6.68. The van der Waals surface area contributed by atoms with Crippen molar-refractivity contribution in [2.24, 2.45) is 5.41 Å². The third-order valence-electron chi connectivity index (χ3n) is 4.02. The van der Waals surface area contributed by atoms with Crippen molar-refractivity contribution in [2.75, 3.05) is 7.05 Å². The van der Waals surface area contributed by atoms with E-state index in [1.54, 1.807) is 25.8 Å². The Labute approximate surface area is 120 Å². The van der Waals surface area contributed by atoms with Gasteiger partial charge in [0.05, 0.1) is 5.56 Å². The molecule has 1 heterocycles. The van der Waals surface area contributed by atoms with E-state index in [9.17, 15) is 9.59 Å². The molecule has 1 aromatic heterocycles. The Morgan fingerprint density at radius 2 is 1.75 bits per heavy atom. The van der Waals surface area contributed by atoms with Crippen molar-refractivity contribution in [2.45, 2.75) is 47.6 Å². The highest BCUT2D eigenvalue weighted by Crippen LogP contribution is 2.26. The first kappa shape index (κ1) is 16.3. The number of H-pyrrole nitrogens is 1. The summed E-state index contributed by atoms with van der Waals surface area (Å²) < 4.78 is 0. The predicted molar refractivity (Wildman–Crippen MR) is 78.2 cm³/mol. The average molecular weight is 280 g/mol. The van der Waals surface area contributed by atoms with Crippen LogP contribution in [-0.4, -0.2) is 40.0 Å². The minimum absolute atomic E-state index is 0.0389. The zero-order chi connectivity index (χ0) is 15.8. The molecule has 1 rings (SSSR count). The number of nitrogens with zero attached hydrogens (tertiary/aromatic N) is 1. The number of aryl methyl sites for hydroxylation is 1. The van der Waals surface area contributed by atoms with Gasteiger partial charge in [-0.25, -0.2) is 4.79 Å². The molecule has 1 unspecified atom stereocenters. The van der Waals surface area contributed by atoms with Gasteiger partial charge in [-0.3, -0.25) is 4.79 Å². The summed E-state index contributed by atoms with van der Waals surface area (Å²) >= 11 is 0. The van der Waals surface area contributed by atoms with Crippen molar-refractivity contribution in [3.05, 3.63) is 22.5 Å². The van der Waals surface area contributed by atoms with Crippen molar-refractivity contribution in [3.8, 4) is 0 Å². The Balaban J connectivity index is 3.20. The molecule has 0 aliphatic rings. The third kappa shape index (κ3) is 2.86. The number of aromatic amines is 1. The van der Waals surface area contributed by atoms with E-state index in [-0.39, 0.29) is 23.1 Å². The number of carboxylic acid groups (broad SMARTS) is 1. The number of hydrogen-bond donors (Lipinski definition) is 2. The molecule has 0 aliphatic heterocycles. The fourth-order valence-corrected chi connectivity index (χ4v) is 2.22. The normalized spacial score (nSPS) is 13.2. The fraction of sp³-hybridized carbons (Fsp3) is 0.600. The second-order valence-corrected chi connectivity index (χ2v) is 6.39. The van der Waals surface area contributed by atoms with Crippen molar-refractivity contribution >= 4 is 11.9 Å². The second-order valence-electron chi connectivity index (χ2n) is 6.39. The molecular formula is C15H24N2O3. The number of hydrogen-bond acceptors (Lipinski definition) is 2. The average Bonchev–Trinajstić information content (AvgIpc) is 2.61. The van der Waals surface area contributed by atoms with Gasteiger partial charge >= 0.3 is 5.97 Å². The van der Waals surface area contributed by atoms with E-state index in [1.807, 2.05) is 6.92 Å². The lowest BCUT2D eigenvalue weighted by Crippen LogP contribution is -2.43. The number of carboxylic acids is 1. The van der Waals surface area contributed by atoms with Crippen LogP contribution in [0.2, 0.25) is 0 Å². The van der Waals surface area contributed by atoms with Crippen LogP contribution in [-0.2, 0) is 0 Å². The molecule has 5 heteroatoms. The van der Waals surface area contributed by atoms with Crippen LogP contribution in [0.15, 0.2) is 0 Å². The van der Waals surface area contributed by atoms with Gasteiger partial charge in [-0.1, -0.05) is 20.8 Å². The number of aromatic carboxylic acids is 1. The molecule has 0 saturated carbocycles. The molecule has 20 heavy (non-hydrogen) atoms. The van der Waals surface area contributed by atoms with Gasteiger partial charge in [0.1, 0.15) is 5.69 Å². The summed E-state index contributed by atoms with van der Waals surface area (Å²) in [5.41, 5.74) is 1.59. The molecule has 0 bridgehead atoms. The summed E-state index contributed by atoms with van der Waals surface area (Å²) in [7, 11) is 1.75. The van der Waals surface area contributed by atoms with Crippen molar-refractivity contribution in [1.82, 2.24) is 9.88 Å². The molecule has 0 fully saturated rings.